The Balaban J connectivity index is 1.50. The molecule has 5 rings (SSSR count). The van der Waals surface area contributed by atoms with Gasteiger partial charge in [-0.3, -0.25) is 0 Å². The average molecular weight is 457 g/mol. The number of benzene rings is 3. The van der Waals surface area contributed by atoms with E-state index >= 15 is 0 Å². The van der Waals surface area contributed by atoms with Crippen molar-refractivity contribution in [3.63, 3.8) is 0 Å². The van der Waals surface area contributed by atoms with Crippen molar-refractivity contribution in [2.45, 2.75) is 12.8 Å². The highest BCUT2D eigenvalue weighted by molar-refractivity contribution is 6.30. The van der Waals surface area contributed by atoms with Gasteiger partial charge in [-0.05, 0) is 36.8 Å². The summed E-state index contributed by atoms with van der Waals surface area (Å²) in [6.07, 6.45) is 0. The maximum atomic E-state index is 12.8. The van der Waals surface area contributed by atoms with E-state index in [0.29, 0.717) is 27.5 Å². The molecule has 162 valence electrons. The van der Waals surface area contributed by atoms with Crippen LogP contribution in [0.1, 0.15) is 33.2 Å². The number of para-hydroxylation sites is 1. The van der Waals surface area contributed by atoms with Gasteiger partial charge in [-0.2, -0.15) is 5.26 Å². The third-order valence-corrected chi connectivity index (χ3v) is 5.85. The van der Waals surface area contributed by atoms with Crippen LogP contribution in [0.15, 0.2) is 82.6 Å². The first-order valence-electron chi connectivity index (χ1n) is 10.1. The zero-order valence-electron chi connectivity index (χ0n) is 17.5. The van der Waals surface area contributed by atoms with Crippen molar-refractivity contribution in [1.82, 2.24) is 0 Å². The van der Waals surface area contributed by atoms with Crippen molar-refractivity contribution in [1.29, 1.82) is 5.26 Å². The van der Waals surface area contributed by atoms with Crippen LogP contribution in [0.2, 0.25) is 5.02 Å². The van der Waals surface area contributed by atoms with Crippen LogP contribution >= 0.6 is 11.6 Å². The molecule has 7 heteroatoms. The number of allylic oxidation sites excluding steroid dienone is 1. The molecule has 3 aromatic carbocycles. The van der Waals surface area contributed by atoms with Gasteiger partial charge >= 0.3 is 5.97 Å². The molecule has 1 aliphatic heterocycles. The minimum atomic E-state index is -0.618. The number of nitrogens with two attached hydrogens (primary N) is 1. The minimum Gasteiger partial charge on any atom is -0.449 e. The monoisotopic (exact) mass is 456 g/mol. The number of furan rings is 1. The van der Waals surface area contributed by atoms with Crippen molar-refractivity contribution in [3.8, 4) is 17.6 Å². The number of rotatable bonds is 3. The number of esters is 1. The molecule has 33 heavy (non-hydrogen) atoms. The zero-order valence-corrected chi connectivity index (χ0v) is 18.2. The Hall–Kier alpha value is -4.21. The molecule has 0 saturated heterocycles. The fraction of sp³-hybridized carbons (Fsp3) is 0.0769. The molecule has 1 aliphatic rings. The third-order valence-electron chi connectivity index (χ3n) is 5.61. The number of halogens is 1. The van der Waals surface area contributed by atoms with E-state index in [0.717, 1.165) is 10.9 Å². The molecule has 0 bridgehead atoms. The van der Waals surface area contributed by atoms with Gasteiger partial charge in [0.15, 0.2) is 0 Å². The molecule has 0 saturated carbocycles. The van der Waals surface area contributed by atoms with Crippen molar-refractivity contribution in [3.05, 3.63) is 106 Å². The largest absolute Gasteiger partial charge is 0.449 e. The molecule has 1 atom stereocenters. The minimum absolute atomic E-state index is 0.00780. The number of hydrogen-bond acceptors (Lipinski definition) is 6. The maximum absolute atomic E-state index is 12.8. The van der Waals surface area contributed by atoms with Crippen LogP contribution in [-0.2, 0) is 0 Å². The van der Waals surface area contributed by atoms with E-state index in [9.17, 15) is 10.1 Å². The van der Waals surface area contributed by atoms with Crippen LogP contribution in [0.3, 0.4) is 0 Å². The summed E-state index contributed by atoms with van der Waals surface area (Å²) in [7, 11) is 0. The van der Waals surface area contributed by atoms with Gasteiger partial charge in [-0.25, -0.2) is 4.79 Å². The lowest BCUT2D eigenvalue weighted by Gasteiger charge is -2.26. The van der Waals surface area contributed by atoms with Gasteiger partial charge in [-0.1, -0.05) is 48.0 Å². The van der Waals surface area contributed by atoms with E-state index in [1.807, 2.05) is 37.3 Å². The second kappa shape index (κ2) is 8.05. The van der Waals surface area contributed by atoms with Gasteiger partial charge in [0.2, 0.25) is 11.6 Å². The molecule has 6 nitrogen and oxygen atoms in total. The van der Waals surface area contributed by atoms with E-state index in [4.69, 9.17) is 31.2 Å². The van der Waals surface area contributed by atoms with Crippen LogP contribution in [0.5, 0.6) is 11.5 Å². The lowest BCUT2D eigenvalue weighted by Crippen LogP contribution is -2.21. The first-order valence-corrected chi connectivity index (χ1v) is 10.5. The summed E-state index contributed by atoms with van der Waals surface area (Å²) in [5.74, 6) is -0.295. The molecule has 2 heterocycles. The summed E-state index contributed by atoms with van der Waals surface area (Å²) in [4.78, 5) is 12.8. The topological polar surface area (TPSA) is 98.5 Å². The quantitative estimate of drug-likeness (QED) is 0.307. The second-order valence-corrected chi connectivity index (χ2v) is 8.06. The van der Waals surface area contributed by atoms with Crippen LogP contribution in [0.25, 0.3) is 11.0 Å². The number of carbonyl (C=O) groups excluding carboxylic acids is 1. The summed E-state index contributed by atoms with van der Waals surface area (Å²) < 4.78 is 17.0. The van der Waals surface area contributed by atoms with Gasteiger partial charge in [0, 0.05) is 27.6 Å². The summed E-state index contributed by atoms with van der Waals surface area (Å²) in [5, 5.41) is 11.1. The second-order valence-electron chi connectivity index (χ2n) is 7.62. The smallest absolute Gasteiger partial charge is 0.379 e. The fourth-order valence-corrected chi connectivity index (χ4v) is 4.25. The summed E-state index contributed by atoms with van der Waals surface area (Å²) in [5.41, 5.74) is 9.17. The van der Waals surface area contributed by atoms with Crippen molar-refractivity contribution in [2.24, 2.45) is 5.73 Å². The summed E-state index contributed by atoms with van der Waals surface area (Å²) in [6, 6.07) is 21.7. The number of aryl methyl sites for hydroxylation is 1. The third kappa shape index (κ3) is 3.59. The normalized spacial score (nSPS) is 15.0. The Morgan fingerprint density at radius 3 is 2.70 bits per heavy atom. The number of carbonyl (C=O) groups is 1. The number of fused-ring (bicyclic) bond motifs is 2. The summed E-state index contributed by atoms with van der Waals surface area (Å²) in [6.45, 7) is 1.81. The molecular formula is C26H17ClN2O4. The van der Waals surface area contributed by atoms with Crippen LogP contribution < -0.4 is 15.2 Å². The predicted molar refractivity (Wildman–Crippen MR) is 123 cm³/mol. The zero-order chi connectivity index (χ0) is 23.1. The Bertz CT molecular complexity index is 1500. The maximum Gasteiger partial charge on any atom is 0.379 e. The molecule has 0 amide bonds. The van der Waals surface area contributed by atoms with E-state index in [1.54, 1.807) is 36.4 Å². The highest BCUT2D eigenvalue weighted by Gasteiger charge is 2.31. The van der Waals surface area contributed by atoms with Crippen LogP contribution in [0, 0.1) is 18.3 Å². The molecule has 1 unspecified atom stereocenters. The first kappa shape index (κ1) is 20.7. The molecule has 0 radical (unpaired) electrons. The van der Waals surface area contributed by atoms with Crippen LogP contribution in [0.4, 0.5) is 0 Å². The highest BCUT2D eigenvalue weighted by atomic mass is 35.5. The van der Waals surface area contributed by atoms with E-state index in [1.165, 1.54) is 0 Å². The Morgan fingerprint density at radius 2 is 1.94 bits per heavy atom. The van der Waals surface area contributed by atoms with E-state index < -0.39 is 11.9 Å². The molecule has 0 spiro atoms. The molecule has 1 aromatic heterocycles. The number of nitriles is 1. The molecule has 0 aliphatic carbocycles. The van der Waals surface area contributed by atoms with Gasteiger partial charge < -0.3 is 19.6 Å². The fourth-order valence-electron chi connectivity index (χ4n) is 4.05. The van der Waals surface area contributed by atoms with Crippen molar-refractivity contribution < 1.29 is 18.7 Å². The molecular weight excluding hydrogens is 440 g/mol. The molecule has 2 N–H and O–H groups in total. The predicted octanol–water partition coefficient (Wildman–Crippen LogP) is 5.83. The highest BCUT2D eigenvalue weighted by Crippen LogP contribution is 2.44. The summed E-state index contributed by atoms with van der Waals surface area (Å²) >= 11 is 6.17. The van der Waals surface area contributed by atoms with Gasteiger partial charge in [0.1, 0.15) is 28.7 Å². The Labute approximate surface area is 194 Å². The lowest BCUT2D eigenvalue weighted by molar-refractivity contribution is 0.0702. The van der Waals surface area contributed by atoms with Gasteiger partial charge in [0.25, 0.3) is 0 Å². The Morgan fingerprint density at radius 1 is 1.12 bits per heavy atom. The van der Waals surface area contributed by atoms with E-state index in [-0.39, 0.29) is 23.0 Å². The SMILES string of the molecule is Cc1c(C(=O)Oc2ccc3c(c2)OC(N)=C(C#N)C3c2cccc(Cl)c2)oc2ccccc12. The van der Waals surface area contributed by atoms with Crippen LogP contribution in [-0.4, -0.2) is 5.97 Å². The number of nitrogens with zero attached hydrogens (tertiary/aromatic N) is 1. The standard InChI is InChI=1S/C26H17ClN2O4/c1-14-18-7-2-3-8-21(18)32-24(14)26(30)31-17-9-10-19-22(12-17)33-25(29)20(13-28)23(19)15-5-4-6-16(27)11-15/h2-12,23H,29H2,1H3. The first-order chi connectivity index (χ1) is 16.0. The molecule has 4 aromatic rings. The van der Waals surface area contributed by atoms with Gasteiger partial charge in [-0.15, -0.1) is 0 Å². The average Bonchev–Trinajstić information content (AvgIpc) is 3.15. The van der Waals surface area contributed by atoms with Crippen molar-refractivity contribution >= 4 is 28.5 Å². The Kier molecular flexibility index (Phi) is 5.04. The number of ether oxygens (including phenoxy) is 2. The van der Waals surface area contributed by atoms with Crippen molar-refractivity contribution in [2.75, 3.05) is 0 Å². The molecule has 0 fully saturated rings. The van der Waals surface area contributed by atoms with Gasteiger partial charge in [0.05, 0.1) is 5.92 Å². The number of hydrogen-bond donors (Lipinski definition) is 1. The lowest BCUT2D eigenvalue weighted by atomic mass is 9.83. The van der Waals surface area contributed by atoms with E-state index in [2.05, 4.69) is 6.07 Å².